The van der Waals surface area contributed by atoms with E-state index < -0.39 is 0 Å². The van der Waals surface area contributed by atoms with E-state index >= 15 is 0 Å². The van der Waals surface area contributed by atoms with Crippen molar-refractivity contribution in [2.24, 2.45) is 0 Å². The standard InChI is InChI=1S/C20H24N4/c1-13-11-17-18(12-14(13)2)24-20(16-8-4-6-10-22-16)19(23-17)15-7-3-5-9-21-15/h3-9,11-12,15,19-24H,10H2,1-2H3. The van der Waals surface area contributed by atoms with Gasteiger partial charge in [0.2, 0.25) is 0 Å². The second-order valence-electron chi connectivity index (χ2n) is 6.64. The summed E-state index contributed by atoms with van der Waals surface area (Å²) in [5, 5.41) is 14.5. The molecule has 3 aliphatic heterocycles. The molecule has 4 heteroatoms. The second kappa shape index (κ2) is 6.11. The summed E-state index contributed by atoms with van der Waals surface area (Å²) in [6, 6.07) is 5.11. The molecule has 24 heavy (non-hydrogen) atoms. The maximum Gasteiger partial charge on any atom is 0.0885 e. The van der Waals surface area contributed by atoms with Crippen LogP contribution in [0.15, 0.2) is 60.5 Å². The number of rotatable bonds is 2. The molecule has 0 bridgehead atoms. The lowest BCUT2D eigenvalue weighted by Gasteiger charge is -2.42. The Kier molecular flexibility index (Phi) is 3.81. The number of hydrogen-bond acceptors (Lipinski definition) is 4. The average molecular weight is 320 g/mol. The molecule has 0 amide bonds. The van der Waals surface area contributed by atoms with Gasteiger partial charge >= 0.3 is 0 Å². The minimum Gasteiger partial charge on any atom is -0.383 e. The molecule has 0 saturated carbocycles. The summed E-state index contributed by atoms with van der Waals surface area (Å²) < 4.78 is 0. The first kappa shape index (κ1) is 14.9. The smallest absolute Gasteiger partial charge is 0.0885 e. The molecule has 4 N–H and O–H groups in total. The zero-order valence-electron chi connectivity index (χ0n) is 14.1. The summed E-state index contributed by atoms with van der Waals surface area (Å²) in [5.74, 6) is 0. The molecular formula is C20H24N4. The van der Waals surface area contributed by atoms with Crippen LogP contribution in [0.2, 0.25) is 0 Å². The molecule has 1 aromatic carbocycles. The van der Waals surface area contributed by atoms with Crippen molar-refractivity contribution >= 4 is 11.4 Å². The number of benzene rings is 1. The predicted octanol–water partition coefficient (Wildman–Crippen LogP) is 2.96. The number of anilines is 2. The number of dihydropyridines is 2. The minimum atomic E-state index is 0.179. The largest absolute Gasteiger partial charge is 0.383 e. The highest BCUT2D eigenvalue weighted by Crippen LogP contribution is 2.34. The Morgan fingerprint density at radius 2 is 1.75 bits per heavy atom. The van der Waals surface area contributed by atoms with E-state index in [4.69, 9.17) is 0 Å². The lowest BCUT2D eigenvalue weighted by atomic mass is 9.91. The normalized spacial score (nSPS) is 27.2. The third-order valence-corrected chi connectivity index (χ3v) is 5.00. The Morgan fingerprint density at radius 1 is 0.958 bits per heavy atom. The highest BCUT2D eigenvalue weighted by atomic mass is 15.2. The summed E-state index contributed by atoms with van der Waals surface area (Å²) in [6.07, 6.45) is 14.8. The van der Waals surface area contributed by atoms with Crippen LogP contribution in [0.5, 0.6) is 0 Å². The SMILES string of the molecule is Cc1cc2c(cc1C)NC(C1C=CC=CN1)C(C1=CC=CCN1)N2. The van der Waals surface area contributed by atoms with E-state index in [2.05, 4.69) is 77.6 Å². The summed E-state index contributed by atoms with van der Waals surface area (Å²) in [5.41, 5.74) is 6.20. The molecule has 1 aromatic rings. The summed E-state index contributed by atoms with van der Waals surface area (Å²) in [7, 11) is 0. The van der Waals surface area contributed by atoms with E-state index in [0.29, 0.717) is 0 Å². The molecule has 0 radical (unpaired) electrons. The van der Waals surface area contributed by atoms with Crippen molar-refractivity contribution in [2.45, 2.75) is 32.0 Å². The van der Waals surface area contributed by atoms with Gasteiger partial charge < -0.3 is 21.3 Å². The lowest BCUT2D eigenvalue weighted by molar-refractivity contribution is 0.512. The topological polar surface area (TPSA) is 48.1 Å². The van der Waals surface area contributed by atoms with Gasteiger partial charge in [0.1, 0.15) is 0 Å². The van der Waals surface area contributed by atoms with Crippen molar-refractivity contribution in [1.82, 2.24) is 10.6 Å². The van der Waals surface area contributed by atoms with Crippen LogP contribution in [-0.4, -0.2) is 24.7 Å². The van der Waals surface area contributed by atoms with E-state index in [-0.39, 0.29) is 18.1 Å². The van der Waals surface area contributed by atoms with Crippen LogP contribution >= 0.6 is 0 Å². The van der Waals surface area contributed by atoms with Crippen LogP contribution in [0.4, 0.5) is 11.4 Å². The molecule has 0 saturated heterocycles. The van der Waals surface area contributed by atoms with Gasteiger partial charge in [0, 0.05) is 12.2 Å². The van der Waals surface area contributed by atoms with Gasteiger partial charge in [-0.3, -0.25) is 0 Å². The number of aryl methyl sites for hydroxylation is 2. The van der Waals surface area contributed by atoms with Crippen LogP contribution in [0.3, 0.4) is 0 Å². The first-order valence-electron chi connectivity index (χ1n) is 8.57. The molecule has 4 rings (SSSR count). The van der Waals surface area contributed by atoms with Crippen molar-refractivity contribution in [3.05, 3.63) is 71.6 Å². The molecule has 124 valence electrons. The Balaban J connectivity index is 1.72. The van der Waals surface area contributed by atoms with Gasteiger partial charge in [-0.15, -0.1) is 0 Å². The van der Waals surface area contributed by atoms with Crippen molar-refractivity contribution in [1.29, 1.82) is 0 Å². The van der Waals surface area contributed by atoms with Crippen molar-refractivity contribution in [3.63, 3.8) is 0 Å². The van der Waals surface area contributed by atoms with Gasteiger partial charge in [-0.25, -0.2) is 0 Å². The van der Waals surface area contributed by atoms with Gasteiger partial charge in [0.15, 0.2) is 0 Å². The fourth-order valence-corrected chi connectivity index (χ4v) is 3.52. The molecule has 0 spiro atoms. The third kappa shape index (κ3) is 2.68. The summed E-state index contributed by atoms with van der Waals surface area (Å²) in [4.78, 5) is 0. The molecule has 3 aliphatic rings. The second-order valence-corrected chi connectivity index (χ2v) is 6.64. The van der Waals surface area contributed by atoms with Crippen LogP contribution in [0.1, 0.15) is 11.1 Å². The van der Waals surface area contributed by atoms with E-state index in [9.17, 15) is 0 Å². The van der Waals surface area contributed by atoms with Crippen molar-refractivity contribution in [3.8, 4) is 0 Å². The predicted molar refractivity (Wildman–Crippen MR) is 101 cm³/mol. The van der Waals surface area contributed by atoms with Crippen LogP contribution < -0.4 is 21.3 Å². The Morgan fingerprint density at radius 3 is 2.42 bits per heavy atom. The first-order chi connectivity index (χ1) is 11.7. The summed E-state index contributed by atoms with van der Waals surface area (Å²) in [6.45, 7) is 5.20. The van der Waals surface area contributed by atoms with Crippen molar-refractivity contribution in [2.75, 3.05) is 17.2 Å². The highest BCUT2D eigenvalue weighted by Gasteiger charge is 2.35. The van der Waals surface area contributed by atoms with Crippen LogP contribution in [-0.2, 0) is 0 Å². The minimum absolute atomic E-state index is 0.179. The number of allylic oxidation sites excluding steroid dienone is 4. The van der Waals surface area contributed by atoms with E-state index in [0.717, 1.165) is 6.54 Å². The zero-order chi connectivity index (χ0) is 16.5. The first-order valence-corrected chi connectivity index (χ1v) is 8.57. The maximum absolute atomic E-state index is 3.77. The fraction of sp³-hybridized carbons (Fsp3) is 0.300. The number of hydrogen-bond donors (Lipinski definition) is 4. The van der Waals surface area contributed by atoms with E-state index in [1.165, 1.54) is 28.2 Å². The summed E-state index contributed by atoms with van der Waals surface area (Å²) >= 11 is 0. The van der Waals surface area contributed by atoms with Gasteiger partial charge in [-0.2, -0.15) is 0 Å². The highest BCUT2D eigenvalue weighted by molar-refractivity contribution is 5.75. The van der Waals surface area contributed by atoms with Gasteiger partial charge in [0.25, 0.3) is 0 Å². The van der Waals surface area contributed by atoms with E-state index in [1.54, 1.807) is 0 Å². The molecule has 3 unspecified atom stereocenters. The maximum atomic E-state index is 3.77. The molecule has 4 nitrogen and oxygen atoms in total. The molecule has 0 aromatic heterocycles. The lowest BCUT2D eigenvalue weighted by Crippen LogP contribution is -2.56. The Hall–Kier alpha value is -2.62. The van der Waals surface area contributed by atoms with E-state index in [1.807, 2.05) is 12.3 Å². The average Bonchev–Trinajstić information content (AvgIpc) is 2.63. The monoisotopic (exact) mass is 320 g/mol. The Labute approximate surface area is 143 Å². The molecule has 0 fully saturated rings. The van der Waals surface area contributed by atoms with Crippen molar-refractivity contribution < 1.29 is 0 Å². The zero-order valence-corrected chi connectivity index (χ0v) is 14.1. The molecule has 3 atom stereocenters. The molecule has 0 aliphatic carbocycles. The van der Waals surface area contributed by atoms with Gasteiger partial charge in [0.05, 0.1) is 29.5 Å². The van der Waals surface area contributed by atoms with Gasteiger partial charge in [-0.05, 0) is 55.5 Å². The number of fused-ring (bicyclic) bond motifs is 1. The molecule has 3 heterocycles. The number of nitrogens with one attached hydrogen (secondary N) is 4. The quantitative estimate of drug-likeness (QED) is 0.677. The fourth-order valence-electron chi connectivity index (χ4n) is 3.52. The third-order valence-electron chi connectivity index (χ3n) is 5.00. The van der Waals surface area contributed by atoms with Gasteiger partial charge in [-0.1, -0.05) is 24.3 Å². The van der Waals surface area contributed by atoms with Crippen LogP contribution in [0.25, 0.3) is 0 Å². The Bertz CT molecular complexity index is 757. The van der Waals surface area contributed by atoms with Crippen LogP contribution in [0, 0.1) is 13.8 Å². The molecular weight excluding hydrogens is 296 g/mol.